The largest absolute Gasteiger partial charge is 0.272 e. The summed E-state index contributed by atoms with van der Waals surface area (Å²) < 4.78 is 0. The van der Waals surface area contributed by atoms with Crippen molar-refractivity contribution in [3.63, 3.8) is 0 Å². The summed E-state index contributed by atoms with van der Waals surface area (Å²) in [6.07, 6.45) is 0. The van der Waals surface area contributed by atoms with E-state index in [1.807, 2.05) is 62.5 Å². The van der Waals surface area contributed by atoms with Crippen molar-refractivity contribution >= 4 is 34.7 Å². The van der Waals surface area contributed by atoms with Crippen LogP contribution in [0.25, 0.3) is 0 Å². The first-order valence-corrected chi connectivity index (χ1v) is 8.43. The summed E-state index contributed by atoms with van der Waals surface area (Å²) in [5, 5.41) is 5.96. The average molecular weight is 318 g/mol. The van der Waals surface area contributed by atoms with Gasteiger partial charge >= 0.3 is 0 Å². The van der Waals surface area contributed by atoms with E-state index in [4.69, 9.17) is 0 Å². The minimum Gasteiger partial charge on any atom is -0.272 e. The second kappa shape index (κ2) is 7.43. The summed E-state index contributed by atoms with van der Waals surface area (Å²) in [7, 11) is 0. The van der Waals surface area contributed by atoms with Crippen LogP contribution in [-0.4, -0.2) is 16.9 Å². The maximum absolute atomic E-state index is 12.1. The Hall–Kier alpha value is -1.59. The average Bonchev–Trinajstić information content (AvgIpc) is 3.01. The standard InChI is InChI=1S/C16H18N2OS2/c1-11-6-8-14(9-7-11)21-13(3)16(19)18-17-12(2)15-5-4-10-20-15/h4-10,13H,1-3H3,(H,18,19)/b17-12-/t13-/m0/s1. The number of hydrogen-bond acceptors (Lipinski definition) is 4. The number of carbonyl (C=O) groups excluding carboxylic acids is 1. The van der Waals surface area contributed by atoms with E-state index in [1.165, 1.54) is 17.3 Å². The fourth-order valence-electron chi connectivity index (χ4n) is 1.64. The predicted octanol–water partition coefficient (Wildman–Crippen LogP) is 4.08. The van der Waals surface area contributed by atoms with Gasteiger partial charge in [-0.05, 0) is 44.4 Å². The molecule has 1 aromatic heterocycles. The second-order valence-electron chi connectivity index (χ2n) is 4.72. The van der Waals surface area contributed by atoms with Crippen molar-refractivity contribution in [2.75, 3.05) is 0 Å². The molecule has 5 heteroatoms. The number of thioether (sulfide) groups is 1. The van der Waals surface area contributed by atoms with E-state index in [9.17, 15) is 4.79 Å². The van der Waals surface area contributed by atoms with Crippen LogP contribution in [0.3, 0.4) is 0 Å². The lowest BCUT2D eigenvalue weighted by molar-refractivity contribution is -0.120. The van der Waals surface area contributed by atoms with Crippen molar-refractivity contribution in [1.29, 1.82) is 0 Å². The molecule has 3 nitrogen and oxygen atoms in total. The quantitative estimate of drug-likeness (QED) is 0.513. The Morgan fingerprint density at radius 1 is 1.29 bits per heavy atom. The smallest absolute Gasteiger partial charge is 0.253 e. The molecule has 0 saturated heterocycles. The minimum atomic E-state index is -0.187. The number of nitrogens with one attached hydrogen (secondary N) is 1. The molecule has 1 aromatic carbocycles. The third-order valence-corrected chi connectivity index (χ3v) is 5.01. The summed E-state index contributed by atoms with van der Waals surface area (Å²) in [6.45, 7) is 5.83. The maximum Gasteiger partial charge on any atom is 0.253 e. The summed E-state index contributed by atoms with van der Waals surface area (Å²) in [5.74, 6) is -0.0866. The van der Waals surface area contributed by atoms with Gasteiger partial charge in [-0.15, -0.1) is 23.1 Å². The Morgan fingerprint density at radius 2 is 2.00 bits per heavy atom. The van der Waals surface area contributed by atoms with Crippen molar-refractivity contribution in [2.45, 2.75) is 30.9 Å². The van der Waals surface area contributed by atoms with Gasteiger partial charge in [0.15, 0.2) is 0 Å². The topological polar surface area (TPSA) is 41.5 Å². The van der Waals surface area contributed by atoms with Crippen LogP contribution in [-0.2, 0) is 4.79 Å². The molecule has 1 amide bonds. The molecule has 21 heavy (non-hydrogen) atoms. The fraction of sp³-hybridized carbons (Fsp3) is 0.250. The minimum absolute atomic E-state index is 0.0866. The maximum atomic E-state index is 12.1. The molecule has 0 spiro atoms. The van der Waals surface area contributed by atoms with Gasteiger partial charge in [0, 0.05) is 9.77 Å². The van der Waals surface area contributed by atoms with Crippen LogP contribution >= 0.6 is 23.1 Å². The molecule has 0 aliphatic rings. The Bertz CT molecular complexity index is 618. The second-order valence-corrected chi connectivity index (χ2v) is 7.09. The highest BCUT2D eigenvalue weighted by Crippen LogP contribution is 2.23. The van der Waals surface area contributed by atoms with Crippen molar-refractivity contribution in [3.05, 3.63) is 52.2 Å². The number of amides is 1. The van der Waals surface area contributed by atoms with Gasteiger partial charge in [0.1, 0.15) is 0 Å². The van der Waals surface area contributed by atoms with Crippen LogP contribution in [0.4, 0.5) is 0 Å². The highest BCUT2D eigenvalue weighted by atomic mass is 32.2. The molecule has 0 saturated carbocycles. The van der Waals surface area contributed by atoms with E-state index >= 15 is 0 Å². The molecule has 0 unspecified atom stereocenters. The normalized spacial score (nSPS) is 13.0. The molecule has 0 bridgehead atoms. The van der Waals surface area contributed by atoms with E-state index in [1.54, 1.807) is 11.3 Å². The number of aryl methyl sites for hydroxylation is 1. The van der Waals surface area contributed by atoms with E-state index in [0.717, 1.165) is 15.5 Å². The van der Waals surface area contributed by atoms with Gasteiger partial charge in [0.25, 0.3) is 5.91 Å². The number of carbonyl (C=O) groups is 1. The fourth-order valence-corrected chi connectivity index (χ4v) is 3.18. The van der Waals surface area contributed by atoms with Crippen LogP contribution in [0.15, 0.2) is 51.8 Å². The van der Waals surface area contributed by atoms with Crippen molar-refractivity contribution in [1.82, 2.24) is 5.43 Å². The van der Waals surface area contributed by atoms with Gasteiger partial charge in [-0.3, -0.25) is 4.79 Å². The number of thiophene rings is 1. The van der Waals surface area contributed by atoms with Gasteiger partial charge in [-0.1, -0.05) is 23.8 Å². The third kappa shape index (κ3) is 4.72. The lowest BCUT2D eigenvalue weighted by Gasteiger charge is -2.10. The Labute approximate surface area is 133 Å². The molecule has 0 aliphatic carbocycles. The lowest BCUT2D eigenvalue weighted by Crippen LogP contribution is -2.27. The third-order valence-electron chi connectivity index (χ3n) is 2.91. The van der Waals surface area contributed by atoms with Gasteiger partial charge in [0.05, 0.1) is 11.0 Å². The molecule has 1 N–H and O–H groups in total. The van der Waals surface area contributed by atoms with Crippen molar-refractivity contribution in [3.8, 4) is 0 Å². The molecule has 1 heterocycles. The van der Waals surface area contributed by atoms with Crippen LogP contribution in [0.5, 0.6) is 0 Å². The molecule has 0 fully saturated rings. The van der Waals surface area contributed by atoms with Crippen molar-refractivity contribution < 1.29 is 4.79 Å². The zero-order valence-corrected chi connectivity index (χ0v) is 13.9. The predicted molar refractivity (Wildman–Crippen MR) is 91.2 cm³/mol. The Morgan fingerprint density at radius 3 is 2.62 bits per heavy atom. The van der Waals surface area contributed by atoms with Gasteiger partial charge in [-0.2, -0.15) is 5.10 Å². The van der Waals surface area contributed by atoms with E-state index in [2.05, 4.69) is 10.5 Å². The lowest BCUT2D eigenvalue weighted by atomic mass is 10.2. The van der Waals surface area contributed by atoms with Gasteiger partial charge in [-0.25, -0.2) is 5.43 Å². The summed E-state index contributed by atoms with van der Waals surface area (Å²) in [4.78, 5) is 14.2. The zero-order chi connectivity index (χ0) is 15.2. The zero-order valence-electron chi connectivity index (χ0n) is 12.3. The molecule has 2 aromatic rings. The Kier molecular flexibility index (Phi) is 5.59. The first-order chi connectivity index (χ1) is 10.1. The molecule has 0 aliphatic heterocycles. The summed E-state index contributed by atoms with van der Waals surface area (Å²) >= 11 is 3.14. The van der Waals surface area contributed by atoms with Crippen LogP contribution in [0, 0.1) is 6.92 Å². The first kappa shape index (κ1) is 15.8. The highest BCUT2D eigenvalue weighted by Gasteiger charge is 2.14. The number of hydrazone groups is 1. The Balaban J connectivity index is 1.90. The van der Waals surface area contributed by atoms with Crippen LogP contribution in [0.2, 0.25) is 0 Å². The molecule has 0 radical (unpaired) electrons. The van der Waals surface area contributed by atoms with Crippen LogP contribution in [0.1, 0.15) is 24.3 Å². The molecule has 110 valence electrons. The summed E-state index contributed by atoms with van der Waals surface area (Å²) in [5.41, 5.74) is 4.68. The highest BCUT2D eigenvalue weighted by molar-refractivity contribution is 8.00. The molecular weight excluding hydrogens is 300 g/mol. The SMILES string of the molecule is C/C(=N/NC(=O)[C@H](C)Sc1ccc(C)cc1)c1cccs1. The summed E-state index contributed by atoms with van der Waals surface area (Å²) in [6, 6.07) is 12.1. The van der Waals surface area contributed by atoms with E-state index in [0.29, 0.717) is 0 Å². The van der Waals surface area contributed by atoms with E-state index in [-0.39, 0.29) is 11.2 Å². The first-order valence-electron chi connectivity index (χ1n) is 6.67. The van der Waals surface area contributed by atoms with Crippen LogP contribution < -0.4 is 5.43 Å². The monoisotopic (exact) mass is 318 g/mol. The number of benzene rings is 1. The number of hydrogen-bond donors (Lipinski definition) is 1. The molecule has 2 rings (SSSR count). The molecule has 1 atom stereocenters. The van der Waals surface area contributed by atoms with Crippen molar-refractivity contribution in [2.24, 2.45) is 5.10 Å². The van der Waals surface area contributed by atoms with Gasteiger partial charge in [0.2, 0.25) is 0 Å². The van der Waals surface area contributed by atoms with E-state index < -0.39 is 0 Å². The molecular formula is C16H18N2OS2. The number of nitrogens with zero attached hydrogens (tertiary/aromatic N) is 1. The van der Waals surface area contributed by atoms with Gasteiger partial charge < -0.3 is 0 Å². The number of rotatable bonds is 5.